The molecule has 3 nitrogen and oxygen atoms in total. The third-order valence-electron chi connectivity index (χ3n) is 3.86. The molecule has 0 aliphatic carbocycles. The molecule has 24 heavy (non-hydrogen) atoms. The minimum Gasteiger partial charge on any atom is -0.265 e. The van der Waals surface area contributed by atoms with E-state index in [4.69, 9.17) is 5.10 Å². The maximum atomic E-state index is 4.78. The fourth-order valence-corrected chi connectivity index (χ4v) is 3.22. The van der Waals surface area contributed by atoms with Crippen LogP contribution in [0.2, 0.25) is 0 Å². The number of pyridine rings is 1. The van der Waals surface area contributed by atoms with Crippen molar-refractivity contribution in [2.45, 2.75) is 0 Å². The van der Waals surface area contributed by atoms with Gasteiger partial charge in [0.15, 0.2) is 0 Å². The summed E-state index contributed by atoms with van der Waals surface area (Å²) in [6.07, 6.45) is 5.55. The van der Waals surface area contributed by atoms with E-state index in [2.05, 4.69) is 45.2 Å². The quantitative estimate of drug-likeness (QED) is 0.482. The van der Waals surface area contributed by atoms with E-state index in [9.17, 15) is 0 Å². The Kier molecular flexibility index (Phi) is 3.97. The van der Waals surface area contributed by atoms with Crippen LogP contribution >= 0.6 is 15.9 Å². The number of aromatic nitrogens is 3. The summed E-state index contributed by atoms with van der Waals surface area (Å²) in [4.78, 5) is 4.07. The van der Waals surface area contributed by atoms with Crippen molar-refractivity contribution >= 4 is 15.9 Å². The number of hydrogen-bond donors (Lipinski definition) is 0. The second-order valence-electron chi connectivity index (χ2n) is 5.39. The standard InChI is InChI=1S/C20H14BrN3/c21-18-14-24(23-20(18)16-10-12-22-13-11-16)19-9-5-4-8-17(19)15-6-2-1-3-7-15/h1-14H. The molecule has 0 unspecified atom stereocenters. The smallest absolute Gasteiger partial charge is 0.107 e. The molecule has 4 aromatic rings. The molecule has 0 atom stereocenters. The Morgan fingerprint density at radius 3 is 2.25 bits per heavy atom. The molecule has 0 aliphatic heterocycles. The number of para-hydroxylation sites is 1. The van der Waals surface area contributed by atoms with Crippen molar-refractivity contribution in [2.75, 3.05) is 0 Å². The van der Waals surface area contributed by atoms with Crippen LogP contribution in [0.25, 0.3) is 28.1 Å². The molecule has 0 aliphatic rings. The Hall–Kier alpha value is -2.72. The van der Waals surface area contributed by atoms with E-state index in [0.717, 1.165) is 27.0 Å². The summed E-state index contributed by atoms with van der Waals surface area (Å²) in [7, 11) is 0. The number of hydrogen-bond acceptors (Lipinski definition) is 2. The zero-order valence-electron chi connectivity index (χ0n) is 12.8. The van der Waals surface area contributed by atoms with Gasteiger partial charge in [-0.05, 0) is 39.7 Å². The van der Waals surface area contributed by atoms with Crippen LogP contribution in [0.4, 0.5) is 0 Å². The van der Waals surface area contributed by atoms with Gasteiger partial charge in [-0.25, -0.2) is 4.68 Å². The van der Waals surface area contributed by atoms with Crippen molar-refractivity contribution in [3.8, 4) is 28.1 Å². The van der Waals surface area contributed by atoms with Crippen LogP contribution in [-0.2, 0) is 0 Å². The van der Waals surface area contributed by atoms with Crippen LogP contribution in [0.1, 0.15) is 0 Å². The van der Waals surface area contributed by atoms with Gasteiger partial charge in [-0.2, -0.15) is 5.10 Å². The largest absolute Gasteiger partial charge is 0.265 e. The van der Waals surface area contributed by atoms with Gasteiger partial charge in [0.25, 0.3) is 0 Å². The predicted molar refractivity (Wildman–Crippen MR) is 99.9 cm³/mol. The first-order valence-electron chi connectivity index (χ1n) is 7.63. The molecule has 0 amide bonds. The fourth-order valence-electron chi connectivity index (χ4n) is 2.72. The first-order chi connectivity index (χ1) is 11.8. The van der Waals surface area contributed by atoms with Gasteiger partial charge >= 0.3 is 0 Å². The second kappa shape index (κ2) is 6.42. The van der Waals surface area contributed by atoms with E-state index in [1.54, 1.807) is 12.4 Å². The lowest BCUT2D eigenvalue weighted by Crippen LogP contribution is -1.97. The van der Waals surface area contributed by atoms with Gasteiger partial charge in [-0.1, -0.05) is 48.5 Å². The van der Waals surface area contributed by atoms with Gasteiger partial charge in [0.05, 0.1) is 10.2 Å². The molecule has 2 heterocycles. The van der Waals surface area contributed by atoms with Crippen molar-refractivity contribution in [1.82, 2.24) is 14.8 Å². The minimum atomic E-state index is 0.903. The predicted octanol–water partition coefficient (Wildman–Crippen LogP) is 5.36. The van der Waals surface area contributed by atoms with Crippen molar-refractivity contribution in [1.29, 1.82) is 0 Å². The van der Waals surface area contributed by atoms with Crippen molar-refractivity contribution in [3.05, 3.63) is 89.8 Å². The summed E-state index contributed by atoms with van der Waals surface area (Å²) in [5.41, 5.74) is 5.30. The average Bonchev–Trinajstić information content (AvgIpc) is 3.05. The summed E-state index contributed by atoms with van der Waals surface area (Å²) in [6.45, 7) is 0. The molecule has 4 rings (SSSR count). The molecule has 2 aromatic heterocycles. The molecule has 0 bridgehead atoms. The van der Waals surface area contributed by atoms with Crippen LogP contribution in [-0.4, -0.2) is 14.8 Å². The van der Waals surface area contributed by atoms with Gasteiger partial charge in [0, 0.05) is 29.7 Å². The van der Waals surface area contributed by atoms with E-state index in [0.29, 0.717) is 0 Å². The lowest BCUT2D eigenvalue weighted by atomic mass is 10.0. The van der Waals surface area contributed by atoms with Gasteiger partial charge < -0.3 is 0 Å². The van der Waals surface area contributed by atoms with E-state index < -0.39 is 0 Å². The van der Waals surface area contributed by atoms with Crippen LogP contribution < -0.4 is 0 Å². The highest BCUT2D eigenvalue weighted by atomic mass is 79.9. The number of nitrogens with zero attached hydrogens (tertiary/aromatic N) is 3. The molecule has 0 radical (unpaired) electrons. The molecule has 0 saturated heterocycles. The first-order valence-corrected chi connectivity index (χ1v) is 8.42. The third kappa shape index (κ3) is 2.76. The topological polar surface area (TPSA) is 30.7 Å². The Labute approximate surface area is 148 Å². The first kappa shape index (κ1) is 14.8. The van der Waals surface area contributed by atoms with E-state index in [-0.39, 0.29) is 0 Å². The van der Waals surface area contributed by atoms with Crippen molar-refractivity contribution < 1.29 is 0 Å². The van der Waals surface area contributed by atoms with Crippen LogP contribution in [0.15, 0.2) is 89.8 Å². The molecule has 0 saturated carbocycles. The second-order valence-corrected chi connectivity index (χ2v) is 6.24. The maximum absolute atomic E-state index is 4.78. The Balaban J connectivity index is 1.84. The third-order valence-corrected chi connectivity index (χ3v) is 4.44. The summed E-state index contributed by atoms with van der Waals surface area (Å²) >= 11 is 3.63. The van der Waals surface area contributed by atoms with Crippen LogP contribution in [0, 0.1) is 0 Å². The van der Waals surface area contributed by atoms with Gasteiger partial charge in [0.2, 0.25) is 0 Å². The number of halogens is 1. The normalized spacial score (nSPS) is 10.7. The average molecular weight is 376 g/mol. The van der Waals surface area contributed by atoms with Crippen LogP contribution in [0.3, 0.4) is 0 Å². The highest BCUT2D eigenvalue weighted by Crippen LogP contribution is 2.31. The Morgan fingerprint density at radius 2 is 1.46 bits per heavy atom. The minimum absolute atomic E-state index is 0.903. The van der Waals surface area contributed by atoms with E-state index >= 15 is 0 Å². The summed E-state index contributed by atoms with van der Waals surface area (Å²) in [5, 5.41) is 4.78. The lowest BCUT2D eigenvalue weighted by molar-refractivity contribution is 0.885. The summed E-state index contributed by atoms with van der Waals surface area (Å²) < 4.78 is 2.87. The summed E-state index contributed by atoms with van der Waals surface area (Å²) in [6, 6.07) is 22.5. The highest BCUT2D eigenvalue weighted by molar-refractivity contribution is 9.10. The number of benzene rings is 2. The summed E-state index contributed by atoms with van der Waals surface area (Å²) in [5.74, 6) is 0. The van der Waals surface area contributed by atoms with Crippen molar-refractivity contribution in [3.63, 3.8) is 0 Å². The molecule has 4 heteroatoms. The monoisotopic (exact) mass is 375 g/mol. The van der Waals surface area contributed by atoms with Crippen LogP contribution in [0.5, 0.6) is 0 Å². The molecule has 0 spiro atoms. The molecule has 116 valence electrons. The maximum Gasteiger partial charge on any atom is 0.107 e. The molecule has 0 N–H and O–H groups in total. The zero-order chi connectivity index (χ0) is 16.4. The highest BCUT2D eigenvalue weighted by Gasteiger charge is 2.12. The van der Waals surface area contributed by atoms with E-state index in [1.165, 1.54) is 5.56 Å². The Bertz CT molecular complexity index is 963. The molecular weight excluding hydrogens is 362 g/mol. The Morgan fingerprint density at radius 1 is 0.750 bits per heavy atom. The zero-order valence-corrected chi connectivity index (χ0v) is 14.4. The molecule has 2 aromatic carbocycles. The molecular formula is C20H14BrN3. The molecule has 0 fully saturated rings. The van der Waals surface area contributed by atoms with Gasteiger partial charge in [-0.15, -0.1) is 0 Å². The van der Waals surface area contributed by atoms with Gasteiger partial charge in [-0.3, -0.25) is 4.98 Å². The number of rotatable bonds is 3. The van der Waals surface area contributed by atoms with E-state index in [1.807, 2.05) is 53.3 Å². The van der Waals surface area contributed by atoms with Crippen molar-refractivity contribution in [2.24, 2.45) is 0 Å². The van der Waals surface area contributed by atoms with Gasteiger partial charge in [0.1, 0.15) is 5.69 Å². The SMILES string of the molecule is Brc1cn(-c2ccccc2-c2ccccc2)nc1-c1ccncc1. The lowest BCUT2D eigenvalue weighted by Gasteiger charge is -2.09. The fraction of sp³-hybridized carbons (Fsp3) is 0.